The molecule has 1 heterocycles. The van der Waals surface area contributed by atoms with E-state index in [9.17, 15) is 0 Å². The van der Waals surface area contributed by atoms with Crippen LogP contribution in [0.4, 0.5) is 0 Å². The Balaban J connectivity index is 2.37. The second-order valence-electron chi connectivity index (χ2n) is 4.17. The lowest BCUT2D eigenvalue weighted by molar-refractivity contribution is 0.164. The summed E-state index contributed by atoms with van der Waals surface area (Å²) >= 11 is 0. The number of nitrogens with one attached hydrogen (secondary N) is 1. The maximum absolute atomic E-state index is 5.42. The summed E-state index contributed by atoms with van der Waals surface area (Å²) in [5.41, 5.74) is 0. The summed E-state index contributed by atoms with van der Waals surface area (Å²) < 4.78 is 5.42. The molecule has 0 saturated carbocycles. The summed E-state index contributed by atoms with van der Waals surface area (Å²) in [7, 11) is 2.08. The van der Waals surface area contributed by atoms with Gasteiger partial charge >= 0.3 is 0 Å². The largest absolute Gasteiger partial charge is 0.381 e. The van der Waals surface area contributed by atoms with Crippen molar-refractivity contribution in [2.75, 3.05) is 20.3 Å². The molecule has 0 radical (unpaired) electrons. The van der Waals surface area contributed by atoms with Crippen LogP contribution in [0.15, 0.2) is 0 Å². The van der Waals surface area contributed by atoms with Gasteiger partial charge in [0.15, 0.2) is 0 Å². The van der Waals surface area contributed by atoms with Crippen LogP contribution in [0.25, 0.3) is 0 Å². The third-order valence-electron chi connectivity index (χ3n) is 3.31. The van der Waals surface area contributed by atoms with E-state index in [0.717, 1.165) is 25.0 Å². The molecule has 0 bridgehead atoms. The van der Waals surface area contributed by atoms with E-state index in [1.165, 1.54) is 19.3 Å². The van der Waals surface area contributed by atoms with E-state index in [0.29, 0.717) is 6.04 Å². The van der Waals surface area contributed by atoms with Crippen molar-refractivity contribution in [3.8, 4) is 0 Å². The lowest BCUT2D eigenvalue weighted by atomic mass is 9.85. The maximum Gasteiger partial charge on any atom is 0.0498 e. The van der Waals surface area contributed by atoms with E-state index in [4.69, 9.17) is 4.74 Å². The van der Waals surface area contributed by atoms with Gasteiger partial charge in [0.1, 0.15) is 0 Å². The number of rotatable bonds is 5. The predicted molar refractivity (Wildman–Crippen MR) is 55.8 cm³/mol. The Morgan fingerprint density at radius 2 is 2.31 bits per heavy atom. The second-order valence-corrected chi connectivity index (χ2v) is 4.17. The van der Waals surface area contributed by atoms with E-state index < -0.39 is 0 Å². The fourth-order valence-electron chi connectivity index (χ4n) is 2.28. The van der Waals surface area contributed by atoms with Gasteiger partial charge in [0.05, 0.1) is 0 Å². The smallest absolute Gasteiger partial charge is 0.0498 e. The van der Waals surface area contributed by atoms with Gasteiger partial charge in [0.25, 0.3) is 0 Å². The Morgan fingerprint density at radius 1 is 1.54 bits per heavy atom. The van der Waals surface area contributed by atoms with Gasteiger partial charge in [-0.05, 0) is 31.7 Å². The van der Waals surface area contributed by atoms with Crippen molar-refractivity contribution < 1.29 is 4.74 Å². The molecule has 78 valence electrons. The molecule has 1 saturated heterocycles. The van der Waals surface area contributed by atoms with Crippen molar-refractivity contribution in [1.29, 1.82) is 0 Å². The van der Waals surface area contributed by atoms with Crippen molar-refractivity contribution >= 4 is 0 Å². The predicted octanol–water partition coefficient (Wildman–Crippen LogP) is 2.05. The molecule has 1 fully saturated rings. The van der Waals surface area contributed by atoms with Crippen LogP contribution >= 0.6 is 0 Å². The summed E-state index contributed by atoms with van der Waals surface area (Å²) in [4.78, 5) is 0. The Morgan fingerprint density at radius 3 is 2.77 bits per heavy atom. The molecule has 3 unspecified atom stereocenters. The van der Waals surface area contributed by atoms with Crippen molar-refractivity contribution in [3.63, 3.8) is 0 Å². The van der Waals surface area contributed by atoms with E-state index in [1.54, 1.807) is 0 Å². The minimum atomic E-state index is 0.677. The van der Waals surface area contributed by atoms with Gasteiger partial charge in [0, 0.05) is 19.3 Å². The van der Waals surface area contributed by atoms with Crippen LogP contribution in [0.3, 0.4) is 0 Å². The van der Waals surface area contributed by atoms with Crippen molar-refractivity contribution in [3.05, 3.63) is 0 Å². The highest BCUT2D eigenvalue weighted by Gasteiger charge is 2.27. The molecule has 2 heteroatoms. The third kappa shape index (κ3) is 2.96. The van der Waals surface area contributed by atoms with Crippen molar-refractivity contribution in [1.82, 2.24) is 5.32 Å². The van der Waals surface area contributed by atoms with Gasteiger partial charge in [-0.3, -0.25) is 0 Å². The highest BCUT2D eigenvalue weighted by Crippen LogP contribution is 2.25. The molecule has 1 rings (SSSR count). The quantitative estimate of drug-likeness (QED) is 0.708. The molecule has 0 spiro atoms. The molecule has 0 aliphatic carbocycles. The van der Waals surface area contributed by atoms with E-state index in [-0.39, 0.29) is 0 Å². The van der Waals surface area contributed by atoms with Gasteiger partial charge in [0.2, 0.25) is 0 Å². The van der Waals surface area contributed by atoms with Crippen molar-refractivity contribution in [2.24, 2.45) is 11.8 Å². The van der Waals surface area contributed by atoms with Gasteiger partial charge < -0.3 is 10.1 Å². The highest BCUT2D eigenvalue weighted by atomic mass is 16.5. The lowest BCUT2D eigenvalue weighted by Gasteiger charge is -2.27. The van der Waals surface area contributed by atoms with Crippen LogP contribution in [-0.2, 0) is 4.74 Å². The summed E-state index contributed by atoms with van der Waals surface area (Å²) in [6.07, 6.45) is 3.81. The second kappa shape index (κ2) is 5.61. The normalized spacial score (nSPS) is 27.5. The molecule has 0 aromatic rings. The minimum Gasteiger partial charge on any atom is -0.381 e. The first-order chi connectivity index (χ1) is 6.29. The fraction of sp³-hybridized carbons (Fsp3) is 1.00. The minimum absolute atomic E-state index is 0.677. The summed E-state index contributed by atoms with van der Waals surface area (Å²) in [5, 5.41) is 3.42. The first kappa shape index (κ1) is 11.0. The molecule has 1 N–H and O–H groups in total. The number of ether oxygens (including phenoxy) is 1. The Labute approximate surface area is 82.0 Å². The molecule has 0 amide bonds. The molecular weight excluding hydrogens is 162 g/mol. The summed E-state index contributed by atoms with van der Waals surface area (Å²) in [6.45, 7) is 6.55. The number of hydrogen-bond acceptors (Lipinski definition) is 2. The van der Waals surface area contributed by atoms with Gasteiger partial charge in [-0.1, -0.05) is 20.3 Å². The van der Waals surface area contributed by atoms with Crippen molar-refractivity contribution in [2.45, 2.75) is 39.2 Å². The molecule has 1 aliphatic heterocycles. The monoisotopic (exact) mass is 185 g/mol. The first-order valence-corrected chi connectivity index (χ1v) is 5.54. The Bertz CT molecular complexity index is 132. The topological polar surface area (TPSA) is 21.3 Å². The van der Waals surface area contributed by atoms with Crippen LogP contribution in [0, 0.1) is 11.8 Å². The van der Waals surface area contributed by atoms with Gasteiger partial charge in [-0.15, -0.1) is 0 Å². The molecule has 1 aliphatic rings. The first-order valence-electron chi connectivity index (χ1n) is 5.54. The standard InChI is InChI=1S/C11H23NO/c1-4-5-11(12-3)9(2)10-6-7-13-8-10/h9-12H,4-8H2,1-3H3. The molecule has 13 heavy (non-hydrogen) atoms. The number of hydrogen-bond donors (Lipinski definition) is 1. The fourth-order valence-corrected chi connectivity index (χ4v) is 2.28. The van der Waals surface area contributed by atoms with E-state index >= 15 is 0 Å². The third-order valence-corrected chi connectivity index (χ3v) is 3.31. The van der Waals surface area contributed by atoms with Crippen LogP contribution in [0.1, 0.15) is 33.1 Å². The molecule has 2 nitrogen and oxygen atoms in total. The molecular formula is C11H23NO. The Kier molecular flexibility index (Phi) is 4.74. The summed E-state index contributed by atoms with van der Waals surface area (Å²) in [6, 6.07) is 0.677. The van der Waals surface area contributed by atoms with Crippen LogP contribution in [0.5, 0.6) is 0 Å². The van der Waals surface area contributed by atoms with Crippen LogP contribution in [-0.4, -0.2) is 26.3 Å². The molecule has 0 aromatic carbocycles. The lowest BCUT2D eigenvalue weighted by Crippen LogP contribution is -2.36. The van der Waals surface area contributed by atoms with E-state index in [1.807, 2.05) is 0 Å². The molecule has 3 atom stereocenters. The zero-order valence-corrected chi connectivity index (χ0v) is 9.18. The highest BCUT2D eigenvalue weighted by molar-refractivity contribution is 4.79. The van der Waals surface area contributed by atoms with Crippen LogP contribution in [0.2, 0.25) is 0 Å². The van der Waals surface area contributed by atoms with E-state index in [2.05, 4.69) is 26.2 Å². The SMILES string of the molecule is CCCC(NC)C(C)C1CCOC1. The average molecular weight is 185 g/mol. The van der Waals surface area contributed by atoms with Gasteiger partial charge in [-0.25, -0.2) is 0 Å². The zero-order valence-electron chi connectivity index (χ0n) is 9.18. The zero-order chi connectivity index (χ0) is 9.68. The summed E-state index contributed by atoms with van der Waals surface area (Å²) in [5.74, 6) is 1.54. The van der Waals surface area contributed by atoms with Crippen LogP contribution < -0.4 is 5.32 Å². The average Bonchev–Trinajstić information content (AvgIpc) is 2.65. The maximum atomic E-state index is 5.42. The Hall–Kier alpha value is -0.0800. The van der Waals surface area contributed by atoms with Gasteiger partial charge in [-0.2, -0.15) is 0 Å². The molecule has 0 aromatic heterocycles.